The van der Waals surface area contributed by atoms with Gasteiger partial charge < -0.3 is 10.2 Å². The number of benzene rings is 1. The van der Waals surface area contributed by atoms with E-state index in [1.54, 1.807) is 31.2 Å². The van der Waals surface area contributed by atoms with Crippen molar-refractivity contribution in [3.05, 3.63) is 59.7 Å². The topological polar surface area (TPSA) is 74.6 Å². The van der Waals surface area contributed by atoms with Gasteiger partial charge in [0, 0.05) is 11.0 Å². The van der Waals surface area contributed by atoms with E-state index < -0.39 is 23.3 Å². The van der Waals surface area contributed by atoms with Crippen molar-refractivity contribution in [2.75, 3.05) is 0 Å². The van der Waals surface area contributed by atoms with Gasteiger partial charge >= 0.3 is 11.9 Å². The van der Waals surface area contributed by atoms with Gasteiger partial charge in [0.2, 0.25) is 0 Å². The summed E-state index contributed by atoms with van der Waals surface area (Å²) in [6.45, 7) is 1.66. The van der Waals surface area contributed by atoms with E-state index in [4.69, 9.17) is 0 Å². The molecule has 0 spiro atoms. The SMILES string of the molecule is CC1(c2ccccc2)C(C(=O)O)=CC=CC1C(=O)O. The van der Waals surface area contributed by atoms with Crippen LogP contribution in [0.2, 0.25) is 0 Å². The van der Waals surface area contributed by atoms with Crippen molar-refractivity contribution < 1.29 is 19.8 Å². The number of hydrogen-bond acceptors (Lipinski definition) is 2. The summed E-state index contributed by atoms with van der Waals surface area (Å²) in [5, 5.41) is 18.7. The summed E-state index contributed by atoms with van der Waals surface area (Å²) in [7, 11) is 0. The van der Waals surface area contributed by atoms with Gasteiger partial charge in [-0.3, -0.25) is 4.79 Å². The number of carboxylic acid groups (broad SMARTS) is 2. The summed E-state index contributed by atoms with van der Waals surface area (Å²) in [4.78, 5) is 22.9. The molecule has 0 saturated carbocycles. The van der Waals surface area contributed by atoms with Crippen LogP contribution in [0.5, 0.6) is 0 Å². The van der Waals surface area contributed by atoms with Gasteiger partial charge in [-0.2, -0.15) is 0 Å². The highest BCUT2D eigenvalue weighted by atomic mass is 16.4. The Labute approximate surface area is 110 Å². The number of hydrogen-bond donors (Lipinski definition) is 2. The first-order valence-corrected chi connectivity index (χ1v) is 5.88. The van der Waals surface area contributed by atoms with Gasteiger partial charge in [-0.05, 0) is 12.5 Å². The second kappa shape index (κ2) is 4.72. The van der Waals surface area contributed by atoms with Gasteiger partial charge in [-0.1, -0.05) is 48.6 Å². The molecular formula is C15H14O4. The predicted molar refractivity (Wildman–Crippen MR) is 69.8 cm³/mol. The van der Waals surface area contributed by atoms with Crippen LogP contribution in [-0.4, -0.2) is 22.2 Å². The number of aliphatic carboxylic acids is 2. The third-order valence-corrected chi connectivity index (χ3v) is 3.62. The average Bonchev–Trinajstić information content (AvgIpc) is 2.39. The summed E-state index contributed by atoms with van der Waals surface area (Å²) in [6.07, 6.45) is 4.49. The highest BCUT2D eigenvalue weighted by Crippen LogP contribution is 2.42. The molecule has 1 aromatic rings. The summed E-state index contributed by atoms with van der Waals surface area (Å²) < 4.78 is 0. The first kappa shape index (κ1) is 13.1. The minimum Gasteiger partial charge on any atom is -0.481 e. The Bertz CT molecular complexity index is 571. The molecule has 2 N–H and O–H groups in total. The van der Waals surface area contributed by atoms with Gasteiger partial charge in [-0.25, -0.2) is 4.79 Å². The van der Waals surface area contributed by atoms with Crippen LogP contribution in [0, 0.1) is 5.92 Å². The van der Waals surface area contributed by atoms with Crippen molar-refractivity contribution in [2.45, 2.75) is 12.3 Å². The average molecular weight is 258 g/mol. The largest absolute Gasteiger partial charge is 0.481 e. The predicted octanol–water partition coefficient (Wildman–Crippen LogP) is 2.23. The monoisotopic (exact) mass is 258 g/mol. The molecule has 1 aromatic carbocycles. The fourth-order valence-electron chi connectivity index (χ4n) is 2.54. The third kappa shape index (κ3) is 2.05. The Morgan fingerprint density at radius 3 is 2.32 bits per heavy atom. The van der Waals surface area contributed by atoms with E-state index >= 15 is 0 Å². The number of carbonyl (C=O) groups is 2. The fourth-order valence-corrected chi connectivity index (χ4v) is 2.54. The Kier molecular flexibility index (Phi) is 3.25. The Morgan fingerprint density at radius 2 is 1.79 bits per heavy atom. The second-order valence-electron chi connectivity index (χ2n) is 4.65. The van der Waals surface area contributed by atoms with Crippen LogP contribution in [0.4, 0.5) is 0 Å². The summed E-state index contributed by atoms with van der Waals surface area (Å²) in [5.41, 5.74) is -0.303. The number of carboxylic acids is 2. The van der Waals surface area contributed by atoms with Gasteiger partial charge in [0.1, 0.15) is 0 Å². The maximum atomic E-state index is 11.4. The van der Waals surface area contributed by atoms with E-state index in [-0.39, 0.29) is 5.57 Å². The molecule has 98 valence electrons. The molecule has 0 aliphatic heterocycles. The summed E-state index contributed by atoms with van der Waals surface area (Å²) in [6, 6.07) is 8.87. The highest BCUT2D eigenvalue weighted by molar-refractivity contribution is 5.93. The van der Waals surface area contributed by atoms with E-state index in [2.05, 4.69) is 0 Å². The van der Waals surface area contributed by atoms with Crippen molar-refractivity contribution in [3.63, 3.8) is 0 Å². The van der Waals surface area contributed by atoms with Crippen LogP contribution in [0.1, 0.15) is 12.5 Å². The first-order valence-electron chi connectivity index (χ1n) is 5.88. The zero-order valence-electron chi connectivity index (χ0n) is 10.4. The maximum absolute atomic E-state index is 11.4. The van der Waals surface area contributed by atoms with Gasteiger partial charge in [0.05, 0.1) is 5.92 Å². The zero-order valence-corrected chi connectivity index (χ0v) is 10.4. The lowest BCUT2D eigenvalue weighted by molar-refractivity contribution is -0.142. The van der Waals surface area contributed by atoms with Crippen LogP contribution in [0.3, 0.4) is 0 Å². The molecule has 0 aromatic heterocycles. The molecule has 1 aliphatic carbocycles. The Hall–Kier alpha value is -2.36. The minimum atomic E-state index is -1.10. The van der Waals surface area contributed by atoms with Crippen LogP contribution in [0.15, 0.2) is 54.1 Å². The molecule has 4 nitrogen and oxygen atoms in total. The molecule has 0 fully saturated rings. The molecule has 1 aliphatic rings. The zero-order chi connectivity index (χ0) is 14.0. The maximum Gasteiger partial charge on any atom is 0.332 e. The molecule has 0 heterocycles. The van der Waals surface area contributed by atoms with Crippen LogP contribution < -0.4 is 0 Å². The second-order valence-corrected chi connectivity index (χ2v) is 4.65. The lowest BCUT2D eigenvalue weighted by Crippen LogP contribution is -2.41. The van der Waals surface area contributed by atoms with Gasteiger partial charge in [0.25, 0.3) is 0 Å². The molecule has 0 saturated heterocycles. The van der Waals surface area contributed by atoms with Crippen molar-refractivity contribution in [3.8, 4) is 0 Å². The molecule has 19 heavy (non-hydrogen) atoms. The van der Waals surface area contributed by atoms with Gasteiger partial charge in [-0.15, -0.1) is 0 Å². The van der Waals surface area contributed by atoms with Crippen molar-refractivity contribution in [2.24, 2.45) is 5.92 Å². The molecular weight excluding hydrogens is 244 g/mol. The minimum absolute atomic E-state index is 0.0913. The van der Waals surface area contributed by atoms with E-state index in [0.29, 0.717) is 5.56 Å². The molecule has 0 amide bonds. The lowest BCUT2D eigenvalue weighted by atomic mass is 9.64. The summed E-state index contributed by atoms with van der Waals surface area (Å²) in [5.74, 6) is -3.03. The van der Waals surface area contributed by atoms with E-state index in [1.165, 1.54) is 18.2 Å². The van der Waals surface area contributed by atoms with E-state index in [9.17, 15) is 19.8 Å². The van der Waals surface area contributed by atoms with E-state index in [1.807, 2.05) is 6.07 Å². The Balaban J connectivity index is 2.64. The number of rotatable bonds is 3. The quantitative estimate of drug-likeness (QED) is 0.871. The van der Waals surface area contributed by atoms with Crippen molar-refractivity contribution >= 4 is 11.9 Å². The van der Waals surface area contributed by atoms with Crippen LogP contribution in [0.25, 0.3) is 0 Å². The molecule has 2 atom stereocenters. The molecule has 0 radical (unpaired) electrons. The molecule has 2 rings (SSSR count). The van der Waals surface area contributed by atoms with Crippen molar-refractivity contribution in [1.82, 2.24) is 0 Å². The summed E-state index contributed by atoms with van der Waals surface area (Å²) >= 11 is 0. The lowest BCUT2D eigenvalue weighted by Gasteiger charge is -2.36. The first-order chi connectivity index (χ1) is 8.98. The van der Waals surface area contributed by atoms with E-state index in [0.717, 1.165) is 0 Å². The molecule has 0 bridgehead atoms. The molecule has 4 heteroatoms. The van der Waals surface area contributed by atoms with Crippen LogP contribution in [-0.2, 0) is 15.0 Å². The number of allylic oxidation sites excluding steroid dienone is 2. The smallest absolute Gasteiger partial charge is 0.332 e. The molecule has 2 unspecified atom stereocenters. The van der Waals surface area contributed by atoms with Gasteiger partial charge in [0.15, 0.2) is 0 Å². The van der Waals surface area contributed by atoms with Crippen LogP contribution >= 0.6 is 0 Å². The highest BCUT2D eigenvalue weighted by Gasteiger charge is 2.46. The third-order valence-electron chi connectivity index (χ3n) is 3.62. The van der Waals surface area contributed by atoms with Crippen molar-refractivity contribution in [1.29, 1.82) is 0 Å². The standard InChI is InChI=1S/C15H14O4/c1-15(10-6-3-2-4-7-10)11(13(16)17)8-5-9-12(15)14(18)19/h2-9,11H,1H3,(H,16,17)(H,18,19). The fraction of sp³-hybridized carbons (Fsp3) is 0.200. The Morgan fingerprint density at radius 1 is 1.16 bits per heavy atom. The normalized spacial score (nSPS) is 25.7.